The molecule has 5 unspecified atom stereocenters. The summed E-state index contributed by atoms with van der Waals surface area (Å²) in [6, 6.07) is 20.9. The number of halogens is 1. The van der Waals surface area contributed by atoms with E-state index in [0.717, 1.165) is 26.8 Å². The van der Waals surface area contributed by atoms with Gasteiger partial charge in [-0.1, -0.05) is 53.3 Å². The van der Waals surface area contributed by atoms with Gasteiger partial charge in [0.15, 0.2) is 0 Å². The van der Waals surface area contributed by atoms with Crippen molar-refractivity contribution in [2.45, 2.75) is 29.2 Å². The highest BCUT2D eigenvalue weighted by Gasteiger charge is 2.70. The first-order chi connectivity index (χ1) is 21.3. The van der Waals surface area contributed by atoms with E-state index in [0.29, 0.717) is 28.4 Å². The summed E-state index contributed by atoms with van der Waals surface area (Å²) in [5.74, 6) is -1.57. The zero-order valence-corrected chi connectivity index (χ0v) is 25.3. The first-order valence-corrected chi connectivity index (χ1v) is 16.4. The molecule has 0 spiro atoms. The van der Waals surface area contributed by atoms with E-state index in [2.05, 4.69) is 4.98 Å². The van der Waals surface area contributed by atoms with Gasteiger partial charge in [0.2, 0.25) is 11.8 Å². The number of anilines is 1. The van der Waals surface area contributed by atoms with Gasteiger partial charge in [-0.2, -0.15) is 0 Å². The number of ether oxygens (including phenoxy) is 1. The number of carbonyl (C=O) groups is 2. The van der Waals surface area contributed by atoms with Crippen LogP contribution in [0.5, 0.6) is 5.75 Å². The lowest BCUT2D eigenvalue weighted by Gasteiger charge is -2.43. The molecule has 3 aromatic carbocycles. The summed E-state index contributed by atoms with van der Waals surface area (Å²) in [7, 11) is 0. The van der Waals surface area contributed by atoms with Crippen molar-refractivity contribution >= 4 is 57.9 Å². The first-order valence-electron chi connectivity index (χ1n) is 14.3. The van der Waals surface area contributed by atoms with Gasteiger partial charge >= 0.3 is 4.87 Å². The molecule has 2 saturated carbocycles. The normalized spacial score (nSPS) is 28.1. The van der Waals surface area contributed by atoms with Gasteiger partial charge in [-0.25, -0.2) is 0 Å². The number of benzene rings is 3. The van der Waals surface area contributed by atoms with Gasteiger partial charge in [-0.3, -0.25) is 29.4 Å². The smallest absolute Gasteiger partial charge is 0.305 e. The minimum atomic E-state index is -0.483. The molecule has 2 bridgehead atoms. The Hall–Kier alpha value is -3.93. The Morgan fingerprint density at radius 2 is 1.75 bits per heavy atom. The Morgan fingerprint density at radius 3 is 2.50 bits per heavy atom. The molecule has 4 aromatic rings. The summed E-state index contributed by atoms with van der Waals surface area (Å²) >= 11 is 8.85. The summed E-state index contributed by atoms with van der Waals surface area (Å²) < 4.78 is 6.32. The molecule has 0 radical (unpaired) electrons. The highest BCUT2D eigenvalue weighted by molar-refractivity contribution is 8.00. The molecule has 2 amide bonds. The minimum Gasteiger partial charge on any atom is -0.489 e. The lowest BCUT2D eigenvalue weighted by atomic mass is 9.68. The number of hydrogen-bond donors (Lipinski definition) is 1. The van der Waals surface area contributed by atoms with Crippen molar-refractivity contribution in [3.05, 3.63) is 114 Å². The highest BCUT2D eigenvalue weighted by atomic mass is 35.5. The second kappa shape index (κ2) is 10.3. The number of rotatable bonds is 6. The number of nitrogens with zero attached hydrogens (tertiary/aromatic N) is 2. The van der Waals surface area contributed by atoms with Gasteiger partial charge in [0, 0.05) is 38.8 Å². The molecule has 1 N–H and O–H groups in total. The number of amides is 2. The lowest BCUT2D eigenvalue weighted by Crippen LogP contribution is -2.42. The number of thioether (sulfide) groups is 1. The molecule has 7 atom stereocenters. The zero-order valence-electron chi connectivity index (χ0n) is 22.9. The second-order valence-corrected chi connectivity index (χ2v) is 14.3. The van der Waals surface area contributed by atoms with Crippen LogP contribution in [0.4, 0.5) is 11.4 Å². The fraction of sp³-hybridized carbons (Fsp3) is 0.281. The summed E-state index contributed by atoms with van der Waals surface area (Å²) in [5, 5.41) is 13.2. The zero-order chi connectivity index (χ0) is 30.3. The summed E-state index contributed by atoms with van der Waals surface area (Å²) in [6.07, 6.45) is 0.709. The number of nitro benzene ring substituents is 1. The van der Waals surface area contributed by atoms with Gasteiger partial charge in [0.1, 0.15) is 12.4 Å². The predicted octanol–water partition coefficient (Wildman–Crippen LogP) is 6.25. The maximum Gasteiger partial charge on any atom is 0.305 e. The third-order valence-corrected chi connectivity index (χ3v) is 12.4. The molecular weight excluding hydrogens is 622 g/mol. The number of carbonyl (C=O) groups excluding carboxylic acids is 2. The molecule has 9 nitrogen and oxygen atoms in total. The molecule has 3 fully saturated rings. The SMILES string of the molecule is O=C1C2C(C(=O)N1c1ccccc1)[C@@H]1C[C@H]2C2Sc3[nH]c(=O)sc3C(c3cc([N+](=O)[O-])ccc3OCc3cccc(Cl)c3)C21. The maximum atomic E-state index is 14.0. The van der Waals surface area contributed by atoms with Gasteiger partial charge in [0.05, 0.1) is 27.5 Å². The fourth-order valence-corrected chi connectivity index (χ4v) is 11.1. The van der Waals surface area contributed by atoms with Gasteiger partial charge in [-0.05, 0) is 60.1 Å². The molecule has 4 aliphatic rings. The van der Waals surface area contributed by atoms with Crippen LogP contribution in [-0.2, 0) is 16.2 Å². The number of H-pyrrole nitrogens is 1. The molecule has 8 rings (SSSR count). The number of aromatic amines is 1. The first kappa shape index (κ1) is 27.6. The number of imide groups is 1. The van der Waals surface area contributed by atoms with E-state index in [4.69, 9.17) is 16.3 Å². The number of hydrogen-bond acceptors (Lipinski definition) is 8. The van der Waals surface area contributed by atoms with Crippen LogP contribution in [0.15, 0.2) is 82.6 Å². The Morgan fingerprint density at radius 1 is 0.977 bits per heavy atom. The van der Waals surface area contributed by atoms with Crippen LogP contribution in [0.3, 0.4) is 0 Å². The summed E-state index contributed by atoms with van der Waals surface area (Å²) in [5.41, 5.74) is 1.93. The topological polar surface area (TPSA) is 123 Å². The van der Waals surface area contributed by atoms with E-state index in [1.165, 1.54) is 11.0 Å². The number of thiazole rings is 1. The van der Waals surface area contributed by atoms with Crippen LogP contribution in [0.2, 0.25) is 5.02 Å². The van der Waals surface area contributed by atoms with Crippen LogP contribution in [-0.4, -0.2) is 27.0 Å². The largest absolute Gasteiger partial charge is 0.489 e. The fourth-order valence-electron chi connectivity index (χ4n) is 8.01. The van der Waals surface area contributed by atoms with Crippen molar-refractivity contribution in [1.82, 2.24) is 4.98 Å². The van der Waals surface area contributed by atoms with Crippen molar-refractivity contribution in [3.63, 3.8) is 0 Å². The van der Waals surface area contributed by atoms with E-state index in [9.17, 15) is 24.5 Å². The number of nitro groups is 1. The van der Waals surface area contributed by atoms with Crippen LogP contribution in [0.1, 0.15) is 28.3 Å². The number of para-hydroxylation sites is 1. The monoisotopic (exact) mass is 645 g/mol. The molecule has 2 aliphatic heterocycles. The number of non-ortho nitro benzene ring substituents is 1. The van der Waals surface area contributed by atoms with Crippen molar-refractivity contribution < 1.29 is 19.2 Å². The van der Waals surface area contributed by atoms with Crippen LogP contribution in [0.25, 0.3) is 0 Å². The molecule has 222 valence electrons. The Bertz CT molecular complexity index is 1910. The van der Waals surface area contributed by atoms with Gasteiger partial charge in [0.25, 0.3) is 5.69 Å². The molecule has 3 heterocycles. The molecule has 2 aliphatic carbocycles. The minimum absolute atomic E-state index is 0.0588. The molecular formula is C32H24ClN3O6S2. The van der Waals surface area contributed by atoms with Crippen molar-refractivity contribution in [3.8, 4) is 5.75 Å². The van der Waals surface area contributed by atoms with E-state index >= 15 is 0 Å². The molecule has 44 heavy (non-hydrogen) atoms. The quantitative estimate of drug-likeness (QED) is 0.149. The third kappa shape index (κ3) is 4.17. The van der Waals surface area contributed by atoms with Gasteiger partial charge in [-0.15, -0.1) is 11.8 Å². The van der Waals surface area contributed by atoms with E-state index < -0.39 is 22.7 Å². The number of fused-ring (bicyclic) bond motifs is 9. The van der Waals surface area contributed by atoms with Crippen molar-refractivity contribution in [2.75, 3.05) is 4.90 Å². The Kier molecular flexibility index (Phi) is 6.48. The molecule has 1 saturated heterocycles. The van der Waals surface area contributed by atoms with Crippen molar-refractivity contribution in [2.24, 2.45) is 29.6 Å². The number of aromatic nitrogens is 1. The Balaban J connectivity index is 1.23. The predicted molar refractivity (Wildman–Crippen MR) is 166 cm³/mol. The third-order valence-electron chi connectivity index (χ3n) is 9.56. The summed E-state index contributed by atoms with van der Waals surface area (Å²) in [4.78, 5) is 56.9. The summed E-state index contributed by atoms with van der Waals surface area (Å²) in [6.45, 7) is 0.187. The van der Waals surface area contributed by atoms with Gasteiger partial charge < -0.3 is 9.72 Å². The maximum absolute atomic E-state index is 14.0. The number of nitrogens with one attached hydrogen (secondary N) is 1. The van der Waals surface area contributed by atoms with Crippen molar-refractivity contribution in [1.29, 1.82) is 0 Å². The van der Waals surface area contributed by atoms with E-state index in [-0.39, 0.29) is 52.0 Å². The lowest BCUT2D eigenvalue weighted by molar-refractivity contribution is -0.385. The average molecular weight is 646 g/mol. The van der Waals surface area contributed by atoms with Crippen LogP contribution in [0, 0.1) is 39.7 Å². The highest BCUT2D eigenvalue weighted by Crippen LogP contribution is 2.69. The second-order valence-electron chi connectivity index (χ2n) is 11.7. The van der Waals surface area contributed by atoms with Crippen LogP contribution >= 0.6 is 34.7 Å². The molecule has 12 heteroatoms. The van der Waals surface area contributed by atoms with E-state index in [1.807, 2.05) is 30.3 Å². The van der Waals surface area contributed by atoms with E-state index in [1.54, 1.807) is 48.2 Å². The standard InChI is InChI=1S/C32H24ClN3O6S2/c33-16-6-4-5-15(11-16)14-42-22-10-9-18(36(40)41)12-19(22)23-24-20-13-21(27(24)43-29-28(23)44-32(39)34-29)26-25(20)30(37)35(31(26)38)17-7-2-1-3-8-17/h1-12,20-21,23-27H,13-14H2,(H,34,39)/t20-,21-,23?,24?,25?,26?,27?/m1/s1. The average Bonchev–Trinajstić information content (AvgIpc) is 3.75. The molecule has 1 aromatic heterocycles. The Labute approximate surface area is 264 Å². The van der Waals surface area contributed by atoms with Crippen LogP contribution < -0.4 is 14.5 Å².